The van der Waals surface area contributed by atoms with Crippen LogP contribution < -0.4 is 29.7 Å². The van der Waals surface area contributed by atoms with Crippen LogP contribution >= 0.6 is 24.0 Å². The molecule has 0 spiro atoms. The summed E-state index contributed by atoms with van der Waals surface area (Å²) in [4.78, 5) is 6.81. The van der Waals surface area contributed by atoms with Crippen molar-refractivity contribution in [1.29, 1.82) is 0 Å². The van der Waals surface area contributed by atoms with Gasteiger partial charge in [-0.05, 0) is 36.5 Å². The molecule has 1 fully saturated rings. The van der Waals surface area contributed by atoms with Gasteiger partial charge in [0.05, 0.1) is 20.8 Å². The number of anilines is 1. The van der Waals surface area contributed by atoms with Gasteiger partial charge in [0.25, 0.3) is 0 Å². The summed E-state index contributed by atoms with van der Waals surface area (Å²) in [7, 11) is 5.21. The number of rotatable bonds is 7. The fourth-order valence-corrected chi connectivity index (χ4v) is 4.37. The first-order valence-corrected chi connectivity index (χ1v) is 11.4. The standard InChI is InChI=1S/C25H34N4O3.HI/c1-26-25(27-10-6-18-4-5-24-19(14-18)9-13-32-24)28-20-7-11-29(12-8-20)21-15-22(30-2)17-23(16-21)31-3;/h4-5,14-17,20H,6-13H2,1-3H3,(H2,26,27,28);1H. The third-order valence-electron chi connectivity index (χ3n) is 6.22. The quantitative estimate of drug-likeness (QED) is 0.303. The van der Waals surface area contributed by atoms with Crippen LogP contribution in [0, 0.1) is 0 Å². The highest BCUT2D eigenvalue weighted by atomic mass is 127. The number of guanidine groups is 1. The molecule has 33 heavy (non-hydrogen) atoms. The molecule has 2 aliphatic heterocycles. The van der Waals surface area contributed by atoms with E-state index >= 15 is 0 Å². The van der Waals surface area contributed by atoms with Gasteiger partial charge in [0.1, 0.15) is 17.2 Å². The van der Waals surface area contributed by atoms with E-state index in [2.05, 4.69) is 50.9 Å². The lowest BCUT2D eigenvalue weighted by Crippen LogP contribution is -2.49. The van der Waals surface area contributed by atoms with Crippen molar-refractivity contribution in [2.24, 2.45) is 4.99 Å². The number of hydrogen-bond acceptors (Lipinski definition) is 5. The number of methoxy groups -OCH3 is 2. The van der Waals surface area contributed by atoms with Crippen molar-refractivity contribution >= 4 is 35.6 Å². The molecule has 2 heterocycles. The Hall–Kier alpha value is -2.36. The molecule has 0 unspecified atom stereocenters. The van der Waals surface area contributed by atoms with Gasteiger partial charge in [-0.1, -0.05) is 12.1 Å². The second kappa shape index (κ2) is 12.2. The Labute approximate surface area is 213 Å². The zero-order valence-corrected chi connectivity index (χ0v) is 22.1. The summed E-state index contributed by atoms with van der Waals surface area (Å²) < 4.78 is 16.4. The van der Waals surface area contributed by atoms with Gasteiger partial charge in [0.2, 0.25) is 0 Å². The number of nitrogens with one attached hydrogen (secondary N) is 2. The Morgan fingerprint density at radius 3 is 2.48 bits per heavy atom. The highest BCUT2D eigenvalue weighted by Gasteiger charge is 2.21. The van der Waals surface area contributed by atoms with Crippen LogP contribution in [0.15, 0.2) is 41.4 Å². The van der Waals surface area contributed by atoms with Crippen molar-refractivity contribution < 1.29 is 14.2 Å². The van der Waals surface area contributed by atoms with Crippen molar-refractivity contribution in [1.82, 2.24) is 10.6 Å². The number of benzene rings is 2. The van der Waals surface area contributed by atoms with Crippen molar-refractivity contribution in [2.45, 2.75) is 31.7 Å². The van der Waals surface area contributed by atoms with E-state index in [0.29, 0.717) is 6.04 Å². The minimum atomic E-state index is 0. The van der Waals surface area contributed by atoms with Gasteiger partial charge >= 0.3 is 0 Å². The van der Waals surface area contributed by atoms with Gasteiger partial charge < -0.3 is 29.7 Å². The molecule has 0 aliphatic carbocycles. The van der Waals surface area contributed by atoms with E-state index in [-0.39, 0.29) is 24.0 Å². The maximum atomic E-state index is 5.60. The summed E-state index contributed by atoms with van der Waals surface area (Å²) in [5, 5.41) is 7.06. The summed E-state index contributed by atoms with van der Waals surface area (Å²) in [6, 6.07) is 13.0. The highest BCUT2D eigenvalue weighted by molar-refractivity contribution is 14.0. The van der Waals surface area contributed by atoms with Crippen LogP contribution in [0.25, 0.3) is 0 Å². The van der Waals surface area contributed by atoms with Crippen LogP contribution in [0.4, 0.5) is 5.69 Å². The second-order valence-corrected chi connectivity index (χ2v) is 8.27. The lowest BCUT2D eigenvalue weighted by atomic mass is 10.0. The molecule has 0 amide bonds. The van der Waals surface area contributed by atoms with Crippen LogP contribution in [-0.2, 0) is 12.8 Å². The van der Waals surface area contributed by atoms with Gasteiger partial charge in [0.15, 0.2) is 5.96 Å². The Morgan fingerprint density at radius 2 is 1.82 bits per heavy atom. The van der Waals surface area contributed by atoms with Gasteiger partial charge in [0, 0.05) is 63.0 Å². The molecule has 7 nitrogen and oxygen atoms in total. The maximum Gasteiger partial charge on any atom is 0.191 e. The number of piperidine rings is 1. The van der Waals surface area contributed by atoms with Crippen LogP contribution in [0.5, 0.6) is 17.2 Å². The normalized spacial score (nSPS) is 15.8. The number of ether oxygens (including phenoxy) is 3. The molecule has 0 radical (unpaired) electrons. The molecule has 2 aliphatic rings. The zero-order valence-electron chi connectivity index (χ0n) is 19.7. The molecule has 180 valence electrons. The van der Waals surface area contributed by atoms with Crippen LogP contribution in [0.1, 0.15) is 24.0 Å². The predicted molar refractivity (Wildman–Crippen MR) is 144 cm³/mol. The maximum absolute atomic E-state index is 5.60. The highest BCUT2D eigenvalue weighted by Crippen LogP contribution is 2.30. The van der Waals surface area contributed by atoms with E-state index in [4.69, 9.17) is 14.2 Å². The third kappa shape index (κ3) is 6.59. The Morgan fingerprint density at radius 1 is 1.09 bits per heavy atom. The molecule has 0 saturated carbocycles. The summed E-state index contributed by atoms with van der Waals surface area (Å²) in [5.41, 5.74) is 3.80. The van der Waals surface area contributed by atoms with Crippen molar-refractivity contribution in [3.63, 3.8) is 0 Å². The summed E-state index contributed by atoms with van der Waals surface area (Å²) in [6.45, 7) is 3.60. The monoisotopic (exact) mass is 566 g/mol. The van der Waals surface area contributed by atoms with Crippen LogP contribution in [-0.4, -0.2) is 59.5 Å². The number of fused-ring (bicyclic) bond motifs is 1. The van der Waals surface area contributed by atoms with Crippen molar-refractivity contribution in [2.75, 3.05) is 52.4 Å². The van der Waals surface area contributed by atoms with E-state index < -0.39 is 0 Å². The van der Waals surface area contributed by atoms with Gasteiger partial charge in [-0.15, -0.1) is 24.0 Å². The molecule has 0 atom stereocenters. The average Bonchev–Trinajstić information content (AvgIpc) is 3.31. The average molecular weight is 566 g/mol. The van der Waals surface area contributed by atoms with E-state index in [0.717, 1.165) is 80.8 Å². The molecular formula is C25H35IN4O3. The molecule has 0 aromatic heterocycles. The summed E-state index contributed by atoms with van der Waals surface area (Å²) >= 11 is 0. The first-order chi connectivity index (χ1) is 15.7. The molecule has 4 rings (SSSR count). The van der Waals surface area contributed by atoms with Crippen molar-refractivity contribution in [3.8, 4) is 17.2 Å². The number of halogens is 1. The SMILES string of the molecule is CN=C(NCCc1ccc2c(c1)CCO2)NC1CCN(c2cc(OC)cc(OC)c2)CC1.I. The molecule has 2 aromatic rings. The fraction of sp³-hybridized carbons (Fsp3) is 0.480. The number of nitrogens with zero attached hydrogens (tertiary/aromatic N) is 2. The van der Waals surface area contributed by atoms with Crippen LogP contribution in [0.2, 0.25) is 0 Å². The van der Waals surface area contributed by atoms with E-state index in [1.807, 2.05) is 13.1 Å². The van der Waals surface area contributed by atoms with Crippen molar-refractivity contribution in [3.05, 3.63) is 47.5 Å². The molecule has 0 bridgehead atoms. The zero-order chi connectivity index (χ0) is 22.3. The number of hydrogen-bond donors (Lipinski definition) is 2. The topological polar surface area (TPSA) is 67.4 Å². The Kier molecular flexibility index (Phi) is 9.34. The minimum Gasteiger partial charge on any atom is -0.497 e. The smallest absolute Gasteiger partial charge is 0.191 e. The van der Waals surface area contributed by atoms with Gasteiger partial charge in [-0.3, -0.25) is 4.99 Å². The van der Waals surface area contributed by atoms with E-state index in [1.165, 1.54) is 11.1 Å². The third-order valence-corrected chi connectivity index (χ3v) is 6.22. The first kappa shape index (κ1) is 25.3. The molecule has 2 aromatic carbocycles. The fourth-order valence-electron chi connectivity index (χ4n) is 4.37. The second-order valence-electron chi connectivity index (χ2n) is 8.27. The first-order valence-electron chi connectivity index (χ1n) is 11.4. The lowest BCUT2D eigenvalue weighted by molar-refractivity contribution is 0.357. The minimum absolute atomic E-state index is 0. The van der Waals surface area contributed by atoms with E-state index in [1.54, 1.807) is 14.2 Å². The molecule has 8 heteroatoms. The summed E-state index contributed by atoms with van der Waals surface area (Å²) in [5.74, 6) is 3.55. The Balaban J connectivity index is 0.00000306. The molecule has 2 N–H and O–H groups in total. The lowest BCUT2D eigenvalue weighted by Gasteiger charge is -2.34. The predicted octanol–water partition coefficient (Wildman–Crippen LogP) is 3.63. The summed E-state index contributed by atoms with van der Waals surface area (Å²) in [6.07, 6.45) is 4.07. The molecule has 1 saturated heterocycles. The van der Waals surface area contributed by atoms with Gasteiger partial charge in [-0.2, -0.15) is 0 Å². The Bertz CT molecular complexity index is 923. The van der Waals surface area contributed by atoms with Crippen LogP contribution in [0.3, 0.4) is 0 Å². The number of aliphatic imine (C=N–C) groups is 1. The largest absolute Gasteiger partial charge is 0.497 e. The van der Waals surface area contributed by atoms with Gasteiger partial charge in [-0.25, -0.2) is 0 Å². The molecular weight excluding hydrogens is 531 g/mol. The van der Waals surface area contributed by atoms with E-state index in [9.17, 15) is 0 Å².